The van der Waals surface area contributed by atoms with Crippen molar-refractivity contribution in [1.82, 2.24) is 19.5 Å². The minimum absolute atomic E-state index is 0.520. The molecule has 0 fully saturated rings. The van der Waals surface area contributed by atoms with E-state index in [9.17, 15) is 0 Å². The number of fused-ring (bicyclic) bond motifs is 1. The van der Waals surface area contributed by atoms with Gasteiger partial charge in [-0.2, -0.15) is 4.98 Å². The van der Waals surface area contributed by atoms with E-state index in [-0.39, 0.29) is 0 Å². The van der Waals surface area contributed by atoms with Crippen LogP contribution in [0, 0.1) is 0 Å². The van der Waals surface area contributed by atoms with Crippen LogP contribution in [0.4, 0.5) is 5.82 Å². The molecule has 4 rings (SSSR count). The van der Waals surface area contributed by atoms with Gasteiger partial charge < -0.3 is 5.32 Å². The molecule has 0 unspecified atom stereocenters. The molecule has 25 heavy (non-hydrogen) atoms. The van der Waals surface area contributed by atoms with Crippen LogP contribution < -0.4 is 5.32 Å². The summed E-state index contributed by atoms with van der Waals surface area (Å²) in [6.45, 7) is 0.542. The van der Waals surface area contributed by atoms with Crippen molar-refractivity contribution in [1.29, 1.82) is 0 Å². The highest BCUT2D eigenvalue weighted by Crippen LogP contribution is 2.33. The summed E-state index contributed by atoms with van der Waals surface area (Å²) >= 11 is 19.6. The second-order valence-corrected chi connectivity index (χ2v) is 7.69. The Kier molecular flexibility index (Phi) is 4.52. The van der Waals surface area contributed by atoms with E-state index in [1.807, 2.05) is 18.2 Å². The van der Waals surface area contributed by atoms with Crippen LogP contribution in [0.25, 0.3) is 16.2 Å². The third-order valence-corrected chi connectivity index (χ3v) is 5.43. The summed E-state index contributed by atoms with van der Waals surface area (Å²) in [6.07, 6.45) is 5.12. The lowest BCUT2D eigenvalue weighted by molar-refractivity contribution is 0.939. The number of nitrogens with one attached hydrogen (secondary N) is 1. The van der Waals surface area contributed by atoms with Gasteiger partial charge in [-0.15, -0.1) is 11.3 Å². The summed E-state index contributed by atoms with van der Waals surface area (Å²) < 4.78 is 2.40. The van der Waals surface area contributed by atoms with Crippen molar-refractivity contribution in [2.45, 2.75) is 6.54 Å². The van der Waals surface area contributed by atoms with Crippen molar-refractivity contribution in [3.05, 3.63) is 62.9 Å². The average Bonchev–Trinajstić information content (AvgIpc) is 3.24. The van der Waals surface area contributed by atoms with Gasteiger partial charge in [0.2, 0.25) is 5.95 Å². The first-order chi connectivity index (χ1) is 12.1. The van der Waals surface area contributed by atoms with Gasteiger partial charge in [-0.25, -0.2) is 9.97 Å². The van der Waals surface area contributed by atoms with Crippen molar-refractivity contribution >= 4 is 62.2 Å². The van der Waals surface area contributed by atoms with Gasteiger partial charge in [0, 0.05) is 18.9 Å². The van der Waals surface area contributed by atoms with Gasteiger partial charge in [0.25, 0.3) is 0 Å². The number of hydrogen-bond acceptors (Lipinski definition) is 5. The van der Waals surface area contributed by atoms with Gasteiger partial charge in [-0.05, 0) is 23.8 Å². The summed E-state index contributed by atoms with van der Waals surface area (Å²) in [5.41, 5.74) is 0.992. The van der Waals surface area contributed by atoms with Crippen LogP contribution in [-0.4, -0.2) is 19.5 Å². The molecule has 1 aromatic carbocycles. The van der Waals surface area contributed by atoms with Crippen molar-refractivity contribution < 1.29 is 0 Å². The molecule has 0 atom stereocenters. The van der Waals surface area contributed by atoms with E-state index in [0.29, 0.717) is 32.7 Å². The number of imidazole rings is 1. The Morgan fingerprint density at radius 3 is 2.72 bits per heavy atom. The Labute approximate surface area is 162 Å². The average molecular weight is 411 g/mol. The normalized spacial score (nSPS) is 11.2. The number of nitrogens with zero attached hydrogens (tertiary/aromatic N) is 4. The molecule has 0 radical (unpaired) electrons. The molecular formula is C16H10Cl3N5S. The molecule has 9 heteroatoms. The van der Waals surface area contributed by atoms with E-state index in [1.54, 1.807) is 29.4 Å². The largest absolute Gasteiger partial charge is 0.365 e. The standard InChI is InChI=1S/C16H10Cl3N5S/c17-11-2-1-9(5-12(11)18)7-21-14-10-6-13(19)25-15(10)23-16(22-14)24-4-3-20-8-24/h1-6,8H,7H2,(H,21,22,23). The lowest BCUT2D eigenvalue weighted by Crippen LogP contribution is -2.06. The maximum absolute atomic E-state index is 6.16. The third-order valence-electron chi connectivity index (χ3n) is 3.53. The highest BCUT2D eigenvalue weighted by molar-refractivity contribution is 7.22. The topological polar surface area (TPSA) is 55.6 Å². The fourth-order valence-electron chi connectivity index (χ4n) is 2.34. The molecule has 3 heterocycles. The van der Waals surface area contributed by atoms with Crippen molar-refractivity contribution in [3.8, 4) is 5.95 Å². The number of benzene rings is 1. The Hall–Kier alpha value is -1.86. The highest BCUT2D eigenvalue weighted by atomic mass is 35.5. The monoisotopic (exact) mass is 409 g/mol. The zero-order valence-corrected chi connectivity index (χ0v) is 15.7. The number of hydrogen-bond donors (Lipinski definition) is 1. The minimum atomic E-state index is 0.520. The van der Waals surface area contributed by atoms with Crippen LogP contribution in [0.5, 0.6) is 0 Å². The van der Waals surface area contributed by atoms with Crippen LogP contribution in [0.3, 0.4) is 0 Å². The van der Waals surface area contributed by atoms with Crippen molar-refractivity contribution in [2.24, 2.45) is 0 Å². The van der Waals surface area contributed by atoms with E-state index in [2.05, 4.69) is 20.3 Å². The lowest BCUT2D eigenvalue weighted by Gasteiger charge is -2.10. The summed E-state index contributed by atoms with van der Waals surface area (Å²) in [4.78, 5) is 14.0. The fourth-order valence-corrected chi connectivity index (χ4v) is 3.75. The molecule has 0 aliphatic carbocycles. The molecule has 0 saturated carbocycles. The van der Waals surface area contributed by atoms with E-state index >= 15 is 0 Å². The van der Waals surface area contributed by atoms with E-state index in [4.69, 9.17) is 34.8 Å². The Morgan fingerprint density at radius 1 is 1.08 bits per heavy atom. The zero-order chi connectivity index (χ0) is 17.4. The van der Waals surface area contributed by atoms with Gasteiger partial charge in [0.1, 0.15) is 17.0 Å². The first-order valence-corrected chi connectivity index (χ1v) is 9.18. The quantitative estimate of drug-likeness (QED) is 0.486. The molecule has 0 saturated heterocycles. The lowest BCUT2D eigenvalue weighted by atomic mass is 10.2. The molecule has 0 bridgehead atoms. The van der Waals surface area contributed by atoms with E-state index in [1.165, 1.54) is 11.3 Å². The van der Waals surface area contributed by atoms with Gasteiger partial charge in [-0.1, -0.05) is 40.9 Å². The summed E-state index contributed by atoms with van der Waals surface area (Å²) in [5.74, 6) is 1.23. The molecular weight excluding hydrogens is 401 g/mol. The minimum Gasteiger partial charge on any atom is -0.365 e. The number of halogens is 3. The molecule has 126 valence electrons. The van der Waals surface area contributed by atoms with E-state index in [0.717, 1.165) is 15.8 Å². The van der Waals surface area contributed by atoms with Gasteiger partial charge >= 0.3 is 0 Å². The maximum Gasteiger partial charge on any atom is 0.238 e. The molecule has 5 nitrogen and oxygen atoms in total. The summed E-state index contributed by atoms with van der Waals surface area (Å²) in [5, 5.41) is 5.25. The third kappa shape index (κ3) is 3.43. The first kappa shape index (κ1) is 16.6. The Balaban J connectivity index is 1.70. The molecule has 0 aliphatic heterocycles. The number of thiophene rings is 1. The van der Waals surface area contributed by atoms with Crippen LogP contribution in [-0.2, 0) is 6.54 Å². The Morgan fingerprint density at radius 2 is 1.96 bits per heavy atom. The second kappa shape index (κ2) is 6.80. The highest BCUT2D eigenvalue weighted by Gasteiger charge is 2.12. The number of anilines is 1. The molecule has 1 N–H and O–H groups in total. The van der Waals surface area contributed by atoms with Crippen LogP contribution >= 0.6 is 46.1 Å². The van der Waals surface area contributed by atoms with Gasteiger partial charge in [0.05, 0.1) is 19.8 Å². The predicted molar refractivity (Wildman–Crippen MR) is 103 cm³/mol. The molecule has 0 aliphatic rings. The molecule has 0 spiro atoms. The number of rotatable bonds is 4. The second-order valence-electron chi connectivity index (χ2n) is 5.21. The van der Waals surface area contributed by atoms with Crippen LogP contribution in [0.15, 0.2) is 43.0 Å². The SMILES string of the molecule is Clc1cc2c(NCc3ccc(Cl)c(Cl)c3)nc(-n3ccnc3)nc2s1. The first-order valence-electron chi connectivity index (χ1n) is 7.23. The zero-order valence-electron chi connectivity index (χ0n) is 12.6. The van der Waals surface area contributed by atoms with Crippen LogP contribution in [0.1, 0.15) is 5.56 Å². The van der Waals surface area contributed by atoms with Crippen LogP contribution in [0.2, 0.25) is 14.4 Å². The van der Waals surface area contributed by atoms with Crippen molar-refractivity contribution in [2.75, 3.05) is 5.32 Å². The molecule has 0 amide bonds. The van der Waals surface area contributed by atoms with Gasteiger partial charge in [0.15, 0.2) is 0 Å². The number of aromatic nitrogens is 4. The van der Waals surface area contributed by atoms with E-state index < -0.39 is 0 Å². The summed E-state index contributed by atoms with van der Waals surface area (Å²) in [6, 6.07) is 7.37. The Bertz CT molecular complexity index is 1050. The smallest absolute Gasteiger partial charge is 0.238 e. The van der Waals surface area contributed by atoms with Crippen molar-refractivity contribution in [3.63, 3.8) is 0 Å². The predicted octanol–water partition coefficient (Wildman–Crippen LogP) is 5.45. The maximum atomic E-state index is 6.16. The fraction of sp³-hybridized carbons (Fsp3) is 0.0625. The van der Waals surface area contributed by atoms with Gasteiger partial charge in [-0.3, -0.25) is 4.57 Å². The molecule has 4 aromatic rings. The molecule has 3 aromatic heterocycles. The summed E-state index contributed by atoms with van der Waals surface area (Å²) in [7, 11) is 0.